The first kappa shape index (κ1) is 17.9. The minimum atomic E-state index is -0.283. The molecule has 0 unspecified atom stereocenters. The van der Waals surface area contributed by atoms with Gasteiger partial charge in [0.15, 0.2) is 4.34 Å². The molecule has 1 aliphatic carbocycles. The Morgan fingerprint density at radius 1 is 1.24 bits per heavy atom. The van der Waals surface area contributed by atoms with Crippen molar-refractivity contribution in [1.29, 1.82) is 0 Å². The van der Waals surface area contributed by atoms with Crippen LogP contribution in [0.15, 0.2) is 28.6 Å². The molecule has 1 aromatic heterocycles. The van der Waals surface area contributed by atoms with Crippen LogP contribution in [0.25, 0.3) is 0 Å². The van der Waals surface area contributed by atoms with Gasteiger partial charge < -0.3 is 10.6 Å². The third kappa shape index (κ3) is 5.02. The van der Waals surface area contributed by atoms with E-state index in [0.717, 1.165) is 24.1 Å². The van der Waals surface area contributed by atoms with Crippen LogP contribution in [0.5, 0.6) is 0 Å². The summed E-state index contributed by atoms with van der Waals surface area (Å²) >= 11 is 2.51. The number of nitrogens with zero attached hydrogens (tertiary/aromatic N) is 2. The van der Waals surface area contributed by atoms with Gasteiger partial charge in [-0.1, -0.05) is 54.1 Å². The number of nitrogens with one attached hydrogen (secondary N) is 2. The second kappa shape index (κ2) is 8.44. The molecule has 3 rings (SSSR count). The number of hydrogen-bond donors (Lipinski definition) is 2. The Balaban J connectivity index is 1.50. The van der Waals surface area contributed by atoms with Crippen molar-refractivity contribution >= 4 is 40.6 Å². The van der Waals surface area contributed by atoms with E-state index in [4.69, 9.17) is 0 Å². The topological polar surface area (TPSA) is 84.0 Å². The molecule has 1 heterocycles. The lowest BCUT2D eigenvalue weighted by Crippen LogP contribution is -2.33. The number of carbonyl (C=O) groups is 2. The van der Waals surface area contributed by atoms with Crippen molar-refractivity contribution in [2.24, 2.45) is 0 Å². The minimum Gasteiger partial charge on any atom is -0.353 e. The van der Waals surface area contributed by atoms with E-state index in [1.54, 1.807) is 0 Å². The van der Waals surface area contributed by atoms with E-state index in [2.05, 4.69) is 20.8 Å². The quantitative estimate of drug-likeness (QED) is 0.756. The Labute approximate surface area is 154 Å². The summed E-state index contributed by atoms with van der Waals surface area (Å²) in [7, 11) is 0. The van der Waals surface area contributed by atoms with Crippen LogP contribution in [0.2, 0.25) is 0 Å². The van der Waals surface area contributed by atoms with Crippen LogP contribution >= 0.6 is 23.1 Å². The summed E-state index contributed by atoms with van der Waals surface area (Å²) in [6.45, 7) is 1.93. The van der Waals surface area contributed by atoms with E-state index < -0.39 is 0 Å². The molecule has 2 amide bonds. The van der Waals surface area contributed by atoms with E-state index in [-0.39, 0.29) is 11.8 Å². The van der Waals surface area contributed by atoms with Gasteiger partial charge in [0.1, 0.15) is 0 Å². The summed E-state index contributed by atoms with van der Waals surface area (Å²) in [6, 6.07) is 7.88. The minimum absolute atomic E-state index is 0.0120. The molecule has 0 spiro atoms. The highest BCUT2D eigenvalue weighted by molar-refractivity contribution is 8.01. The standard InChI is InChI=1S/C17H20N4O2S2/c1-11-6-2-5-9-13(11)19-15(23)16-20-21-17(25-16)24-10-14(22)18-12-7-3-4-8-12/h2,5-6,9,12H,3-4,7-8,10H2,1H3,(H,18,22)(H,19,23). The summed E-state index contributed by atoms with van der Waals surface area (Å²) in [4.78, 5) is 24.2. The predicted octanol–water partition coefficient (Wildman–Crippen LogP) is 3.25. The molecule has 0 radical (unpaired) electrons. The van der Waals surface area contributed by atoms with Gasteiger partial charge in [0.25, 0.3) is 5.91 Å². The highest BCUT2D eigenvalue weighted by atomic mass is 32.2. The summed E-state index contributed by atoms with van der Waals surface area (Å²) in [5.74, 6) is 0.0249. The van der Waals surface area contributed by atoms with E-state index in [0.29, 0.717) is 21.1 Å². The maximum Gasteiger partial charge on any atom is 0.286 e. The van der Waals surface area contributed by atoms with Crippen LogP contribution < -0.4 is 10.6 Å². The zero-order chi connectivity index (χ0) is 17.6. The molecule has 0 aliphatic heterocycles. The fourth-order valence-corrected chi connectivity index (χ4v) is 4.27. The van der Waals surface area contributed by atoms with Gasteiger partial charge in [0.05, 0.1) is 5.75 Å². The molecule has 0 atom stereocenters. The summed E-state index contributed by atoms with van der Waals surface area (Å²) in [6.07, 6.45) is 4.51. The number of benzene rings is 1. The van der Waals surface area contributed by atoms with Gasteiger partial charge in [-0.15, -0.1) is 10.2 Å². The van der Waals surface area contributed by atoms with Crippen molar-refractivity contribution in [3.63, 3.8) is 0 Å². The molecule has 132 valence electrons. The van der Waals surface area contributed by atoms with Gasteiger partial charge in [-0.2, -0.15) is 0 Å². The van der Waals surface area contributed by atoms with Crippen molar-refractivity contribution in [1.82, 2.24) is 15.5 Å². The molecule has 1 saturated carbocycles. The second-order valence-corrected chi connectivity index (χ2v) is 8.18. The van der Waals surface area contributed by atoms with Crippen molar-refractivity contribution in [2.45, 2.75) is 43.0 Å². The SMILES string of the molecule is Cc1ccccc1NC(=O)c1nnc(SCC(=O)NC2CCCC2)s1. The Bertz CT molecular complexity index is 757. The zero-order valence-corrected chi connectivity index (χ0v) is 15.6. The lowest BCUT2D eigenvalue weighted by Gasteiger charge is -2.10. The predicted molar refractivity (Wildman–Crippen MR) is 100 cm³/mol. The lowest BCUT2D eigenvalue weighted by molar-refractivity contribution is -0.119. The summed E-state index contributed by atoms with van der Waals surface area (Å²) in [5, 5.41) is 14.1. The molecule has 0 bridgehead atoms. The number of carbonyl (C=O) groups excluding carboxylic acids is 2. The number of amides is 2. The molecule has 1 aliphatic rings. The number of thioether (sulfide) groups is 1. The number of anilines is 1. The number of aromatic nitrogens is 2. The summed E-state index contributed by atoms with van der Waals surface area (Å²) < 4.78 is 0.622. The molecular weight excluding hydrogens is 356 g/mol. The molecular formula is C17H20N4O2S2. The zero-order valence-electron chi connectivity index (χ0n) is 13.9. The Kier molecular flexibility index (Phi) is 6.04. The highest BCUT2D eigenvalue weighted by Crippen LogP contribution is 2.24. The van der Waals surface area contributed by atoms with Crippen LogP contribution in [0.3, 0.4) is 0 Å². The molecule has 1 aromatic carbocycles. The number of aryl methyl sites for hydroxylation is 1. The van der Waals surface area contributed by atoms with Crippen molar-refractivity contribution in [3.8, 4) is 0 Å². The third-order valence-electron chi connectivity index (χ3n) is 4.04. The van der Waals surface area contributed by atoms with E-state index in [1.807, 2.05) is 31.2 Å². The average Bonchev–Trinajstić information content (AvgIpc) is 3.26. The van der Waals surface area contributed by atoms with Gasteiger partial charge in [0.2, 0.25) is 10.9 Å². The highest BCUT2D eigenvalue weighted by Gasteiger charge is 2.18. The molecule has 6 nitrogen and oxygen atoms in total. The maximum atomic E-state index is 12.3. The molecule has 0 saturated heterocycles. The fourth-order valence-electron chi connectivity index (χ4n) is 2.72. The summed E-state index contributed by atoms with van der Waals surface area (Å²) in [5.41, 5.74) is 1.74. The lowest BCUT2D eigenvalue weighted by atomic mass is 10.2. The third-order valence-corrected chi connectivity index (χ3v) is 6.10. The van der Waals surface area contributed by atoms with Crippen LogP contribution in [0.1, 0.15) is 41.0 Å². The monoisotopic (exact) mass is 376 g/mol. The Morgan fingerprint density at radius 3 is 2.76 bits per heavy atom. The van der Waals surface area contributed by atoms with Crippen molar-refractivity contribution < 1.29 is 9.59 Å². The van der Waals surface area contributed by atoms with Crippen LogP contribution in [0, 0.1) is 6.92 Å². The number of rotatable bonds is 6. The number of hydrogen-bond acceptors (Lipinski definition) is 6. The normalized spacial score (nSPS) is 14.4. The fraction of sp³-hybridized carbons (Fsp3) is 0.412. The number of para-hydroxylation sites is 1. The van der Waals surface area contributed by atoms with Gasteiger partial charge in [-0.25, -0.2) is 0 Å². The maximum absolute atomic E-state index is 12.3. The van der Waals surface area contributed by atoms with E-state index >= 15 is 0 Å². The van der Waals surface area contributed by atoms with E-state index in [1.165, 1.54) is 35.9 Å². The van der Waals surface area contributed by atoms with E-state index in [9.17, 15) is 9.59 Å². The molecule has 2 aromatic rings. The van der Waals surface area contributed by atoms with Crippen LogP contribution in [0.4, 0.5) is 5.69 Å². The Hall–Kier alpha value is -1.93. The molecule has 1 fully saturated rings. The van der Waals surface area contributed by atoms with Crippen molar-refractivity contribution in [2.75, 3.05) is 11.1 Å². The van der Waals surface area contributed by atoms with Crippen LogP contribution in [-0.2, 0) is 4.79 Å². The first-order valence-electron chi connectivity index (χ1n) is 8.24. The van der Waals surface area contributed by atoms with Gasteiger partial charge in [-0.05, 0) is 31.4 Å². The van der Waals surface area contributed by atoms with Crippen LogP contribution in [-0.4, -0.2) is 33.8 Å². The smallest absolute Gasteiger partial charge is 0.286 e. The van der Waals surface area contributed by atoms with Gasteiger partial charge >= 0.3 is 0 Å². The molecule has 8 heteroatoms. The van der Waals surface area contributed by atoms with Crippen molar-refractivity contribution in [3.05, 3.63) is 34.8 Å². The van der Waals surface area contributed by atoms with Gasteiger partial charge in [0, 0.05) is 11.7 Å². The average molecular weight is 377 g/mol. The molecule has 2 N–H and O–H groups in total. The second-order valence-electron chi connectivity index (χ2n) is 5.98. The largest absolute Gasteiger partial charge is 0.353 e. The van der Waals surface area contributed by atoms with Gasteiger partial charge in [-0.3, -0.25) is 9.59 Å². The first-order valence-corrected chi connectivity index (χ1v) is 10.0. The molecule has 25 heavy (non-hydrogen) atoms. The Morgan fingerprint density at radius 2 is 2.00 bits per heavy atom. The first-order chi connectivity index (χ1) is 12.1.